The first-order chi connectivity index (χ1) is 13.1. The maximum Gasteiger partial charge on any atom is 0.251 e. The van der Waals surface area contributed by atoms with Gasteiger partial charge in [-0.15, -0.1) is 0 Å². The summed E-state index contributed by atoms with van der Waals surface area (Å²) in [6.45, 7) is 7.75. The normalized spacial score (nSPS) is 16.3. The number of likely N-dealkylation sites (tertiary alicyclic amines) is 1. The van der Waals surface area contributed by atoms with Crippen LogP contribution in [-0.4, -0.2) is 23.9 Å². The molecule has 1 N–H and O–H groups in total. The van der Waals surface area contributed by atoms with E-state index < -0.39 is 0 Å². The zero-order valence-electron chi connectivity index (χ0n) is 16.7. The van der Waals surface area contributed by atoms with Crippen LogP contribution in [0.15, 0.2) is 54.6 Å². The molecular weight excluding hydrogens is 332 g/mol. The lowest BCUT2D eigenvalue weighted by molar-refractivity contribution is 0.0932. The Kier molecular flexibility index (Phi) is 7.05. The van der Waals surface area contributed by atoms with Crippen LogP contribution in [-0.2, 0) is 6.54 Å². The van der Waals surface area contributed by atoms with Crippen molar-refractivity contribution in [2.24, 2.45) is 5.92 Å². The monoisotopic (exact) mass is 364 g/mol. The van der Waals surface area contributed by atoms with E-state index in [-0.39, 0.29) is 11.9 Å². The molecule has 3 nitrogen and oxygen atoms in total. The van der Waals surface area contributed by atoms with E-state index in [1.165, 1.54) is 43.5 Å². The van der Waals surface area contributed by atoms with Crippen molar-refractivity contribution < 1.29 is 4.79 Å². The van der Waals surface area contributed by atoms with Gasteiger partial charge in [-0.25, -0.2) is 0 Å². The molecule has 1 heterocycles. The molecule has 0 saturated carbocycles. The Bertz CT molecular complexity index is 703. The molecule has 2 aromatic carbocycles. The van der Waals surface area contributed by atoms with Crippen LogP contribution in [0.2, 0.25) is 0 Å². The van der Waals surface area contributed by atoms with Crippen LogP contribution in [0.5, 0.6) is 0 Å². The van der Waals surface area contributed by atoms with Crippen molar-refractivity contribution >= 4 is 5.91 Å². The summed E-state index contributed by atoms with van der Waals surface area (Å²) >= 11 is 0. The largest absolute Gasteiger partial charge is 0.345 e. The number of nitrogens with zero attached hydrogens (tertiary/aromatic N) is 1. The van der Waals surface area contributed by atoms with Crippen LogP contribution in [0.3, 0.4) is 0 Å². The van der Waals surface area contributed by atoms with Crippen LogP contribution in [0, 0.1) is 5.92 Å². The molecule has 144 valence electrons. The minimum absolute atomic E-state index is 0.00836. The zero-order chi connectivity index (χ0) is 19.1. The van der Waals surface area contributed by atoms with Crippen molar-refractivity contribution in [2.45, 2.75) is 52.1 Å². The number of amides is 1. The zero-order valence-corrected chi connectivity index (χ0v) is 16.7. The minimum Gasteiger partial charge on any atom is -0.345 e. The van der Waals surface area contributed by atoms with E-state index >= 15 is 0 Å². The first-order valence-electron chi connectivity index (χ1n) is 10.3. The lowest BCUT2D eigenvalue weighted by Crippen LogP contribution is -2.30. The molecule has 1 aliphatic heterocycles. The van der Waals surface area contributed by atoms with Crippen molar-refractivity contribution in [3.8, 4) is 0 Å². The quantitative estimate of drug-likeness (QED) is 0.733. The summed E-state index contributed by atoms with van der Waals surface area (Å²) in [5, 5.41) is 3.23. The van der Waals surface area contributed by atoms with Crippen LogP contribution in [0.25, 0.3) is 0 Å². The Morgan fingerprint density at radius 2 is 1.63 bits per heavy atom. The highest BCUT2D eigenvalue weighted by Gasteiger charge is 2.17. The number of hydrogen-bond donors (Lipinski definition) is 1. The third-order valence-corrected chi connectivity index (χ3v) is 5.29. The molecule has 0 radical (unpaired) electrons. The standard InChI is InChI=1S/C24H32N2O/c1-19(2)17-23(21-9-5-3-6-10-21)25-24(27)22-13-11-20(12-14-22)18-26-15-7-4-8-16-26/h3,5-6,9-14,19,23H,4,7-8,15-18H2,1-2H3,(H,25,27)/t23-/m1/s1. The van der Waals surface area contributed by atoms with Gasteiger partial charge >= 0.3 is 0 Å². The van der Waals surface area contributed by atoms with Crippen molar-refractivity contribution in [1.82, 2.24) is 10.2 Å². The van der Waals surface area contributed by atoms with Gasteiger partial charge in [0.05, 0.1) is 6.04 Å². The fraction of sp³-hybridized carbons (Fsp3) is 0.458. The summed E-state index contributed by atoms with van der Waals surface area (Å²) in [7, 11) is 0. The number of hydrogen-bond acceptors (Lipinski definition) is 2. The van der Waals surface area contributed by atoms with Crippen LogP contribution in [0.1, 0.15) is 67.1 Å². The molecule has 0 bridgehead atoms. The van der Waals surface area contributed by atoms with E-state index in [0.717, 1.165) is 18.5 Å². The fourth-order valence-corrected chi connectivity index (χ4v) is 3.81. The Hall–Kier alpha value is -2.13. The molecule has 1 atom stereocenters. The predicted octanol–water partition coefficient (Wildman–Crippen LogP) is 5.19. The molecule has 0 aliphatic carbocycles. The molecule has 1 aliphatic rings. The van der Waals surface area contributed by atoms with E-state index in [9.17, 15) is 4.79 Å². The topological polar surface area (TPSA) is 32.3 Å². The second-order valence-corrected chi connectivity index (χ2v) is 8.10. The van der Waals surface area contributed by atoms with Gasteiger partial charge < -0.3 is 5.32 Å². The maximum atomic E-state index is 12.8. The van der Waals surface area contributed by atoms with E-state index in [1.807, 2.05) is 30.3 Å². The van der Waals surface area contributed by atoms with Crippen molar-refractivity contribution in [1.29, 1.82) is 0 Å². The molecule has 3 rings (SSSR count). The Morgan fingerprint density at radius 3 is 2.26 bits per heavy atom. The third kappa shape index (κ3) is 5.93. The smallest absolute Gasteiger partial charge is 0.251 e. The third-order valence-electron chi connectivity index (χ3n) is 5.29. The number of carbonyl (C=O) groups is 1. The highest BCUT2D eigenvalue weighted by Crippen LogP contribution is 2.22. The van der Waals surface area contributed by atoms with Gasteiger partial charge in [0, 0.05) is 12.1 Å². The summed E-state index contributed by atoms with van der Waals surface area (Å²) < 4.78 is 0. The van der Waals surface area contributed by atoms with Gasteiger partial charge in [0.1, 0.15) is 0 Å². The lowest BCUT2D eigenvalue weighted by atomic mass is 9.96. The summed E-state index contributed by atoms with van der Waals surface area (Å²) in [5.74, 6) is 0.524. The van der Waals surface area contributed by atoms with Crippen molar-refractivity contribution in [3.63, 3.8) is 0 Å². The fourth-order valence-electron chi connectivity index (χ4n) is 3.81. The van der Waals surface area contributed by atoms with Gasteiger partial charge in [0.2, 0.25) is 0 Å². The minimum atomic E-state index is 0.00836. The van der Waals surface area contributed by atoms with Crippen LogP contribution >= 0.6 is 0 Å². The Labute approximate surface area is 163 Å². The van der Waals surface area contributed by atoms with Crippen LogP contribution in [0.4, 0.5) is 0 Å². The lowest BCUT2D eigenvalue weighted by Gasteiger charge is -2.26. The molecule has 1 saturated heterocycles. The highest BCUT2D eigenvalue weighted by atomic mass is 16.1. The van der Waals surface area contributed by atoms with Crippen molar-refractivity contribution in [2.75, 3.05) is 13.1 Å². The summed E-state index contributed by atoms with van der Waals surface area (Å²) in [6, 6.07) is 18.4. The first kappa shape index (κ1) is 19.6. The second-order valence-electron chi connectivity index (χ2n) is 8.10. The molecule has 27 heavy (non-hydrogen) atoms. The average molecular weight is 365 g/mol. The van der Waals surface area contributed by atoms with Gasteiger partial charge in [-0.2, -0.15) is 0 Å². The average Bonchev–Trinajstić information content (AvgIpc) is 2.69. The summed E-state index contributed by atoms with van der Waals surface area (Å²) in [6.07, 6.45) is 4.89. The summed E-state index contributed by atoms with van der Waals surface area (Å²) in [5.41, 5.74) is 3.19. The molecule has 1 amide bonds. The number of nitrogens with one attached hydrogen (secondary N) is 1. The van der Waals surface area contributed by atoms with E-state index in [4.69, 9.17) is 0 Å². The van der Waals surface area contributed by atoms with Gasteiger partial charge in [-0.3, -0.25) is 9.69 Å². The van der Waals surface area contributed by atoms with Crippen LogP contribution < -0.4 is 5.32 Å². The van der Waals surface area contributed by atoms with Crippen molar-refractivity contribution in [3.05, 3.63) is 71.3 Å². The molecular formula is C24H32N2O. The number of benzene rings is 2. The predicted molar refractivity (Wildman–Crippen MR) is 112 cm³/mol. The Balaban J connectivity index is 1.63. The highest BCUT2D eigenvalue weighted by molar-refractivity contribution is 5.94. The number of carbonyl (C=O) groups excluding carboxylic acids is 1. The van der Waals surface area contributed by atoms with E-state index in [1.54, 1.807) is 0 Å². The van der Waals surface area contributed by atoms with Gasteiger partial charge in [0.15, 0.2) is 0 Å². The number of rotatable bonds is 7. The molecule has 1 fully saturated rings. The molecule has 0 aromatic heterocycles. The first-order valence-corrected chi connectivity index (χ1v) is 10.3. The maximum absolute atomic E-state index is 12.8. The molecule has 2 aromatic rings. The van der Waals surface area contributed by atoms with Gasteiger partial charge in [-0.1, -0.05) is 62.7 Å². The van der Waals surface area contributed by atoms with E-state index in [2.05, 4.69) is 48.3 Å². The molecule has 3 heteroatoms. The van der Waals surface area contributed by atoms with E-state index in [0.29, 0.717) is 5.92 Å². The molecule has 0 spiro atoms. The van der Waals surface area contributed by atoms with Gasteiger partial charge in [0.25, 0.3) is 5.91 Å². The Morgan fingerprint density at radius 1 is 0.963 bits per heavy atom. The summed E-state index contributed by atoms with van der Waals surface area (Å²) in [4.78, 5) is 15.3. The second kappa shape index (κ2) is 9.70. The SMILES string of the molecule is CC(C)C[C@@H](NC(=O)c1ccc(CN2CCCCC2)cc1)c1ccccc1. The van der Waals surface area contributed by atoms with Gasteiger partial charge in [-0.05, 0) is 61.5 Å². The molecule has 0 unspecified atom stereocenters. The number of piperidine rings is 1.